The van der Waals surface area contributed by atoms with Crippen molar-refractivity contribution < 1.29 is 18.1 Å². The summed E-state index contributed by atoms with van der Waals surface area (Å²) in [6.45, 7) is 37.7. The highest BCUT2D eigenvalue weighted by molar-refractivity contribution is 9.09. The van der Waals surface area contributed by atoms with Gasteiger partial charge in [0.25, 0.3) is 0 Å². The molecule has 8 heteroatoms. The molecule has 0 amide bonds. The molecule has 0 aliphatic heterocycles. The van der Waals surface area contributed by atoms with Crippen LogP contribution in [0.4, 0.5) is 0 Å². The minimum atomic E-state index is -2.03. The number of hydrogen-bond acceptors (Lipinski definition) is 4. The third-order valence-electron chi connectivity index (χ3n) is 11.8. The van der Waals surface area contributed by atoms with Crippen LogP contribution in [0.5, 0.6) is 0 Å². The fraction of sp³-hybridized carbons (Fsp3) is 0.872. The summed E-state index contributed by atoms with van der Waals surface area (Å²) in [7, 11) is -5.99. The van der Waals surface area contributed by atoms with Crippen LogP contribution < -0.4 is 0 Å². The Hall–Kier alpha value is 0.161. The second-order valence-corrected chi connectivity index (χ2v) is 33.7. The third kappa shape index (κ3) is 14.4. The summed E-state index contributed by atoms with van der Waals surface area (Å²) >= 11 is 3.30. The van der Waals surface area contributed by atoms with Crippen LogP contribution in [-0.4, -0.2) is 54.4 Å². The highest BCUT2D eigenvalue weighted by Crippen LogP contribution is 2.48. The first kappa shape index (κ1) is 45.2. The topological polar surface area (TPSA) is 44.8 Å². The lowest BCUT2D eigenvalue weighted by molar-refractivity contribution is -0.116. The van der Waals surface area contributed by atoms with Crippen LogP contribution in [0.3, 0.4) is 0 Å². The van der Waals surface area contributed by atoms with Crippen molar-refractivity contribution in [2.45, 2.75) is 200 Å². The summed E-state index contributed by atoms with van der Waals surface area (Å²) in [6, 6.07) is 0. The Kier molecular flexibility index (Phi) is 17.9. The smallest absolute Gasteiger partial charge is 0.192 e. The standard InChI is InChI=1S/C39H77BrO4Si3/c1-17-18-21-25-32(42-45(11,12)37(2,3)4)27-28-34-33(26-23-20-19-22-24-31(41)30-40)35(43-46(13,14)38(5,6)7)29-36(34)44-47(15,16)39(8,9)10/h20,23,27-28,32-36H,17-19,21-22,24-26,29-30H2,1-16H3/t32?,33-,34-,35+,36-/m1/s1. The van der Waals surface area contributed by atoms with Gasteiger partial charge in [0.2, 0.25) is 0 Å². The zero-order valence-corrected chi connectivity index (χ0v) is 38.4. The Labute approximate surface area is 304 Å². The first-order chi connectivity index (χ1) is 21.3. The average Bonchev–Trinajstić information content (AvgIpc) is 3.20. The fourth-order valence-electron chi connectivity index (χ4n) is 5.49. The van der Waals surface area contributed by atoms with Gasteiger partial charge < -0.3 is 13.3 Å². The quantitative estimate of drug-likeness (QED) is 0.0567. The van der Waals surface area contributed by atoms with Crippen LogP contribution in [-0.2, 0) is 18.1 Å². The molecule has 1 saturated carbocycles. The highest BCUT2D eigenvalue weighted by Gasteiger charge is 2.50. The highest BCUT2D eigenvalue weighted by atomic mass is 79.9. The van der Waals surface area contributed by atoms with E-state index in [1.54, 1.807) is 0 Å². The molecular weight excluding hydrogens is 697 g/mol. The van der Waals surface area contributed by atoms with Crippen LogP contribution >= 0.6 is 15.9 Å². The Morgan fingerprint density at radius 1 is 0.787 bits per heavy atom. The van der Waals surface area contributed by atoms with Crippen LogP contribution in [0.1, 0.15) is 127 Å². The Balaban J connectivity index is 3.60. The maximum atomic E-state index is 11.8. The minimum Gasteiger partial charge on any atom is -0.414 e. The second kappa shape index (κ2) is 18.6. The third-order valence-corrected chi connectivity index (χ3v) is 26.0. The van der Waals surface area contributed by atoms with Crippen LogP contribution in [0.2, 0.25) is 54.4 Å². The minimum absolute atomic E-state index is 0.125. The molecular formula is C39H77BrO4Si3. The average molecular weight is 774 g/mol. The van der Waals surface area contributed by atoms with E-state index in [0.29, 0.717) is 17.7 Å². The zero-order valence-electron chi connectivity index (χ0n) is 33.8. The normalized spacial score (nSPS) is 22.9. The van der Waals surface area contributed by atoms with Gasteiger partial charge in [-0.3, -0.25) is 4.79 Å². The summed E-state index contributed by atoms with van der Waals surface area (Å²) in [4.78, 5) is 11.8. The molecule has 1 rings (SSSR count). The first-order valence-electron chi connectivity index (χ1n) is 18.7. The summed E-state index contributed by atoms with van der Waals surface area (Å²) in [5.74, 6) is 0.871. The van der Waals surface area contributed by atoms with E-state index < -0.39 is 25.0 Å². The van der Waals surface area contributed by atoms with Crippen molar-refractivity contribution >= 4 is 46.7 Å². The van der Waals surface area contributed by atoms with E-state index in [2.05, 4.69) is 149 Å². The predicted octanol–water partition coefficient (Wildman–Crippen LogP) is 13.0. The van der Waals surface area contributed by atoms with Crippen molar-refractivity contribution in [3.63, 3.8) is 0 Å². The van der Waals surface area contributed by atoms with Crippen molar-refractivity contribution in [1.29, 1.82) is 0 Å². The van der Waals surface area contributed by atoms with Crippen LogP contribution in [0, 0.1) is 11.8 Å². The molecule has 47 heavy (non-hydrogen) atoms. The summed E-state index contributed by atoms with van der Waals surface area (Å²) in [5.41, 5.74) is 0. The zero-order chi connectivity index (χ0) is 36.5. The van der Waals surface area contributed by atoms with Crippen molar-refractivity contribution in [1.82, 2.24) is 0 Å². The molecule has 0 aromatic carbocycles. The first-order valence-corrected chi connectivity index (χ1v) is 28.6. The fourth-order valence-corrected chi connectivity index (χ4v) is 9.82. The van der Waals surface area contributed by atoms with Crippen molar-refractivity contribution in [2.24, 2.45) is 11.8 Å². The number of carbonyl (C=O) groups is 1. The lowest BCUT2D eigenvalue weighted by atomic mass is 9.89. The monoisotopic (exact) mass is 772 g/mol. The molecule has 0 spiro atoms. The van der Waals surface area contributed by atoms with E-state index in [1.165, 1.54) is 19.3 Å². The van der Waals surface area contributed by atoms with E-state index in [4.69, 9.17) is 13.3 Å². The van der Waals surface area contributed by atoms with E-state index >= 15 is 0 Å². The molecule has 4 nitrogen and oxygen atoms in total. The second-order valence-electron chi connectivity index (χ2n) is 18.9. The summed E-state index contributed by atoms with van der Waals surface area (Å²) in [6.07, 6.45) is 19.1. The van der Waals surface area contributed by atoms with Gasteiger partial charge in [0.15, 0.2) is 25.0 Å². The maximum absolute atomic E-state index is 11.8. The van der Waals surface area contributed by atoms with Gasteiger partial charge in [-0.25, -0.2) is 0 Å². The molecule has 0 heterocycles. The SMILES string of the molecule is CCCCCC(C=C[C@@H]1[C@@H](CC=CCCCC(=O)CBr)[C@@H](O[Si](C)(C)C(C)(C)C)C[C@H]1O[Si](C)(C)C(C)(C)C)O[Si](C)(C)C(C)(C)C. The molecule has 1 fully saturated rings. The molecule has 0 N–H and O–H groups in total. The van der Waals surface area contributed by atoms with E-state index in [1.807, 2.05) is 0 Å². The van der Waals surface area contributed by atoms with Crippen molar-refractivity contribution in [3.8, 4) is 0 Å². The van der Waals surface area contributed by atoms with E-state index in [-0.39, 0.29) is 45.1 Å². The molecule has 5 atom stereocenters. The number of allylic oxidation sites excluding steroid dienone is 2. The number of hydrogen-bond donors (Lipinski definition) is 0. The molecule has 1 unspecified atom stereocenters. The van der Waals surface area contributed by atoms with Gasteiger partial charge in [0.1, 0.15) is 5.78 Å². The molecule has 0 aromatic rings. The molecule has 0 aromatic heterocycles. The van der Waals surface area contributed by atoms with Gasteiger partial charge in [0, 0.05) is 12.3 Å². The van der Waals surface area contributed by atoms with E-state index in [9.17, 15) is 4.79 Å². The van der Waals surface area contributed by atoms with Gasteiger partial charge in [0.05, 0.1) is 23.6 Å². The lowest BCUT2D eigenvalue weighted by Crippen LogP contribution is -2.45. The number of rotatable bonds is 19. The van der Waals surface area contributed by atoms with Gasteiger partial charge >= 0.3 is 0 Å². The maximum Gasteiger partial charge on any atom is 0.192 e. The molecule has 1 aliphatic carbocycles. The Morgan fingerprint density at radius 2 is 1.32 bits per heavy atom. The molecule has 0 bridgehead atoms. The number of carbonyl (C=O) groups excluding carboxylic acids is 1. The van der Waals surface area contributed by atoms with Gasteiger partial charge in [-0.2, -0.15) is 0 Å². The number of unbranched alkanes of at least 4 members (excludes halogenated alkanes) is 3. The van der Waals surface area contributed by atoms with Gasteiger partial charge in [-0.1, -0.05) is 129 Å². The lowest BCUT2D eigenvalue weighted by Gasteiger charge is -2.40. The van der Waals surface area contributed by atoms with Gasteiger partial charge in [-0.15, -0.1) is 0 Å². The Morgan fingerprint density at radius 3 is 1.81 bits per heavy atom. The molecule has 1 aliphatic rings. The van der Waals surface area contributed by atoms with Crippen LogP contribution in [0.15, 0.2) is 24.3 Å². The largest absolute Gasteiger partial charge is 0.414 e. The summed E-state index contributed by atoms with van der Waals surface area (Å²) in [5, 5.41) is 0.892. The molecule has 0 saturated heterocycles. The van der Waals surface area contributed by atoms with Gasteiger partial charge in [-0.05, 0) is 92.4 Å². The van der Waals surface area contributed by atoms with E-state index in [0.717, 1.165) is 32.1 Å². The number of halogens is 1. The number of Topliss-reactive ketones (excluding diaryl/α,β-unsaturated/α-hetero) is 1. The Bertz CT molecular complexity index is 1000. The number of ketones is 1. The van der Waals surface area contributed by atoms with Crippen molar-refractivity contribution in [2.75, 3.05) is 5.33 Å². The van der Waals surface area contributed by atoms with Crippen LogP contribution in [0.25, 0.3) is 0 Å². The number of alkyl halides is 1. The van der Waals surface area contributed by atoms with Crippen molar-refractivity contribution in [3.05, 3.63) is 24.3 Å². The summed E-state index contributed by atoms with van der Waals surface area (Å²) < 4.78 is 21.7. The predicted molar refractivity (Wildman–Crippen MR) is 217 cm³/mol. The molecule has 0 radical (unpaired) electrons. The molecule has 276 valence electrons.